The van der Waals surface area contributed by atoms with Crippen molar-refractivity contribution in [1.82, 2.24) is 4.98 Å². The van der Waals surface area contributed by atoms with Gasteiger partial charge in [-0.2, -0.15) is 0 Å². The molecule has 1 aromatic heterocycles. The second-order valence-electron chi connectivity index (χ2n) is 4.36. The molecule has 0 aliphatic heterocycles. The van der Waals surface area contributed by atoms with Gasteiger partial charge >= 0.3 is 5.97 Å². The Labute approximate surface area is 136 Å². The lowest BCUT2D eigenvalue weighted by Gasteiger charge is -2.08. The first-order chi connectivity index (χ1) is 10.0. The number of ether oxygens (including phenoxy) is 1. The fraction of sp³-hybridized carbons (Fsp3) is 0.200. The summed E-state index contributed by atoms with van der Waals surface area (Å²) in [5, 5.41) is 2.75. The van der Waals surface area contributed by atoms with Crippen molar-refractivity contribution >= 4 is 40.2 Å². The Bertz CT molecular complexity index is 679. The molecule has 0 fully saturated rings. The molecule has 6 heteroatoms. The van der Waals surface area contributed by atoms with Gasteiger partial charge in [0.15, 0.2) is 0 Å². The monoisotopic (exact) mass is 398 g/mol. The smallest absolute Gasteiger partial charge is 0.342 e. The summed E-state index contributed by atoms with van der Waals surface area (Å²) in [5.41, 5.74) is 2.00. The van der Waals surface area contributed by atoms with Crippen LogP contribution in [0.15, 0.2) is 30.5 Å². The van der Waals surface area contributed by atoms with Gasteiger partial charge in [-0.25, -0.2) is 4.79 Å². The number of anilines is 1. The topological polar surface area (TPSA) is 71.2 Å². The number of amides is 1. The summed E-state index contributed by atoms with van der Waals surface area (Å²) in [7, 11) is 0. The molecule has 0 saturated heterocycles. The Kier molecular flexibility index (Phi) is 5.00. The van der Waals surface area contributed by atoms with E-state index in [1.807, 2.05) is 12.1 Å². The van der Waals surface area contributed by atoms with E-state index in [2.05, 4.69) is 32.9 Å². The number of aromatic nitrogens is 1. The van der Waals surface area contributed by atoms with Crippen molar-refractivity contribution in [3.8, 4) is 0 Å². The average molecular weight is 398 g/mol. The van der Waals surface area contributed by atoms with E-state index in [1.54, 1.807) is 32.2 Å². The zero-order valence-electron chi connectivity index (χ0n) is 11.7. The summed E-state index contributed by atoms with van der Waals surface area (Å²) in [4.78, 5) is 27.2. The molecular weight excluding hydrogens is 383 g/mol. The van der Waals surface area contributed by atoms with Crippen molar-refractivity contribution < 1.29 is 14.3 Å². The number of carbonyl (C=O) groups excluding carboxylic acids is 2. The van der Waals surface area contributed by atoms with Crippen molar-refractivity contribution in [3.63, 3.8) is 0 Å². The molecule has 2 rings (SSSR count). The van der Waals surface area contributed by atoms with Crippen LogP contribution in [0.3, 0.4) is 0 Å². The minimum atomic E-state index is -0.450. The molecule has 0 spiro atoms. The molecule has 0 radical (unpaired) electrons. The molecule has 0 unspecified atom stereocenters. The highest BCUT2D eigenvalue weighted by Gasteiger charge is 2.20. The number of nitrogens with one attached hydrogen (secondary N) is 2. The number of esters is 1. The van der Waals surface area contributed by atoms with Gasteiger partial charge in [0.05, 0.1) is 17.9 Å². The molecule has 2 N–H and O–H groups in total. The van der Waals surface area contributed by atoms with E-state index in [9.17, 15) is 9.59 Å². The Morgan fingerprint density at radius 3 is 2.71 bits per heavy atom. The van der Waals surface area contributed by atoms with E-state index in [-0.39, 0.29) is 12.5 Å². The zero-order chi connectivity index (χ0) is 15.4. The Balaban J connectivity index is 2.27. The second-order valence-corrected chi connectivity index (χ2v) is 5.52. The van der Waals surface area contributed by atoms with Crippen LogP contribution in [0, 0.1) is 10.5 Å². The molecule has 2 aromatic rings. The van der Waals surface area contributed by atoms with Crippen molar-refractivity contribution in [2.24, 2.45) is 0 Å². The van der Waals surface area contributed by atoms with E-state index < -0.39 is 5.97 Å². The second kappa shape index (κ2) is 6.75. The van der Waals surface area contributed by atoms with Gasteiger partial charge in [-0.15, -0.1) is 0 Å². The normalized spacial score (nSPS) is 10.2. The quantitative estimate of drug-likeness (QED) is 0.613. The van der Waals surface area contributed by atoms with Gasteiger partial charge in [-0.1, -0.05) is 12.1 Å². The van der Waals surface area contributed by atoms with Gasteiger partial charge in [0.1, 0.15) is 5.56 Å². The summed E-state index contributed by atoms with van der Waals surface area (Å²) in [6.07, 6.45) is 1.59. The van der Waals surface area contributed by atoms with Crippen LogP contribution < -0.4 is 5.32 Å². The molecule has 1 aromatic carbocycles. The minimum Gasteiger partial charge on any atom is -0.462 e. The van der Waals surface area contributed by atoms with Crippen LogP contribution in [-0.2, 0) is 4.74 Å². The highest BCUT2D eigenvalue weighted by Crippen LogP contribution is 2.22. The van der Waals surface area contributed by atoms with Crippen molar-refractivity contribution in [1.29, 1.82) is 0 Å². The van der Waals surface area contributed by atoms with Crippen molar-refractivity contribution in [2.75, 3.05) is 11.9 Å². The third-order valence-electron chi connectivity index (χ3n) is 2.92. The molecule has 0 bridgehead atoms. The van der Waals surface area contributed by atoms with Crippen molar-refractivity contribution in [3.05, 3.63) is 50.9 Å². The van der Waals surface area contributed by atoms with Gasteiger partial charge in [-0.05, 0) is 48.6 Å². The molecule has 1 amide bonds. The summed E-state index contributed by atoms with van der Waals surface area (Å²) in [6.45, 7) is 3.78. The van der Waals surface area contributed by atoms with Crippen LogP contribution in [0.4, 0.5) is 5.69 Å². The maximum atomic E-state index is 12.3. The number of hydrogen-bond donors (Lipinski definition) is 2. The third kappa shape index (κ3) is 3.44. The number of aryl methyl sites for hydroxylation is 1. The number of H-pyrrole nitrogens is 1. The van der Waals surface area contributed by atoms with Gasteiger partial charge in [0.25, 0.3) is 5.91 Å². The first-order valence-corrected chi connectivity index (χ1v) is 7.53. The van der Waals surface area contributed by atoms with Gasteiger partial charge in [0.2, 0.25) is 0 Å². The molecule has 1 heterocycles. The van der Waals surface area contributed by atoms with Crippen LogP contribution in [0.5, 0.6) is 0 Å². The van der Waals surface area contributed by atoms with Crippen LogP contribution in [-0.4, -0.2) is 23.5 Å². The zero-order valence-corrected chi connectivity index (χ0v) is 13.9. The largest absolute Gasteiger partial charge is 0.462 e. The first kappa shape index (κ1) is 15.6. The van der Waals surface area contributed by atoms with E-state index in [1.165, 1.54) is 0 Å². The fourth-order valence-electron chi connectivity index (χ4n) is 1.93. The molecule has 5 nitrogen and oxygen atoms in total. The number of carbonyl (C=O) groups is 2. The lowest BCUT2D eigenvalue weighted by atomic mass is 10.2. The number of hydrogen-bond acceptors (Lipinski definition) is 3. The molecule has 0 atom stereocenters. The molecular formula is C15H15IN2O3. The third-order valence-corrected chi connectivity index (χ3v) is 3.86. The predicted octanol–water partition coefficient (Wildman–Crippen LogP) is 3.36. The van der Waals surface area contributed by atoms with E-state index >= 15 is 0 Å². The molecule has 21 heavy (non-hydrogen) atoms. The Hall–Kier alpha value is -1.83. The number of halogens is 1. The molecule has 0 saturated carbocycles. The van der Waals surface area contributed by atoms with Crippen LogP contribution in [0.25, 0.3) is 0 Å². The summed E-state index contributed by atoms with van der Waals surface area (Å²) in [5.74, 6) is -0.709. The van der Waals surface area contributed by atoms with Gasteiger partial charge in [0, 0.05) is 15.5 Å². The van der Waals surface area contributed by atoms with Crippen molar-refractivity contribution in [2.45, 2.75) is 13.8 Å². The Morgan fingerprint density at radius 1 is 1.33 bits per heavy atom. The molecule has 0 aliphatic carbocycles. The van der Waals surface area contributed by atoms with Gasteiger partial charge in [-0.3, -0.25) is 4.79 Å². The minimum absolute atomic E-state index is 0.260. The average Bonchev–Trinajstić information content (AvgIpc) is 2.80. The SMILES string of the molecule is CCOC(=O)c1c(NC(=O)c2ccccc2I)c[nH]c1C. The van der Waals surface area contributed by atoms with Gasteiger partial charge < -0.3 is 15.0 Å². The van der Waals surface area contributed by atoms with E-state index in [4.69, 9.17) is 4.74 Å². The van der Waals surface area contributed by atoms with Crippen LogP contribution in [0.1, 0.15) is 33.3 Å². The molecule has 0 aliphatic rings. The summed E-state index contributed by atoms with van der Waals surface area (Å²) >= 11 is 2.10. The first-order valence-electron chi connectivity index (χ1n) is 6.45. The van der Waals surface area contributed by atoms with E-state index in [0.717, 1.165) is 3.57 Å². The number of rotatable bonds is 4. The summed E-state index contributed by atoms with van der Waals surface area (Å²) in [6, 6.07) is 7.25. The number of benzene rings is 1. The van der Waals surface area contributed by atoms with E-state index in [0.29, 0.717) is 22.5 Å². The summed E-state index contributed by atoms with van der Waals surface area (Å²) < 4.78 is 5.85. The van der Waals surface area contributed by atoms with Crippen LogP contribution in [0.2, 0.25) is 0 Å². The number of aromatic amines is 1. The molecule has 110 valence electrons. The standard InChI is InChI=1S/C15H15IN2O3/c1-3-21-15(20)13-9(2)17-8-12(13)18-14(19)10-6-4-5-7-11(10)16/h4-8,17H,3H2,1-2H3,(H,18,19). The predicted molar refractivity (Wildman–Crippen MR) is 88.6 cm³/mol. The maximum Gasteiger partial charge on any atom is 0.342 e. The van der Waals surface area contributed by atoms with Crippen LogP contribution >= 0.6 is 22.6 Å². The highest BCUT2D eigenvalue weighted by atomic mass is 127. The maximum absolute atomic E-state index is 12.3. The highest BCUT2D eigenvalue weighted by molar-refractivity contribution is 14.1. The fourth-order valence-corrected chi connectivity index (χ4v) is 2.56. The lowest BCUT2D eigenvalue weighted by molar-refractivity contribution is 0.0527. The Morgan fingerprint density at radius 2 is 2.05 bits per heavy atom. The lowest BCUT2D eigenvalue weighted by Crippen LogP contribution is -2.16.